The van der Waals surface area contributed by atoms with Gasteiger partial charge in [-0.25, -0.2) is 4.98 Å². The fraction of sp³-hybridized carbons (Fsp3) is 0.333. The Morgan fingerprint density at radius 3 is 2.92 bits per heavy atom. The number of carbonyl (C=O) groups excluding carboxylic acids is 1. The molecule has 4 rings (SSSR count). The van der Waals surface area contributed by atoms with Crippen LogP contribution in [0.4, 0.5) is 0 Å². The van der Waals surface area contributed by atoms with Crippen molar-refractivity contribution in [2.75, 3.05) is 13.1 Å². The van der Waals surface area contributed by atoms with Crippen LogP contribution >= 0.6 is 0 Å². The summed E-state index contributed by atoms with van der Waals surface area (Å²) in [6.07, 6.45) is 4.02. The molecule has 2 atom stereocenters. The monoisotopic (exact) mass is 348 g/mol. The number of amides is 1. The SMILES string of the molecule is C[C@H]1CN(Cc2ccccc2)C[C@@H]1NC(=O)Cc1c[nH]c2ncccc12. The Hall–Kier alpha value is -2.66. The van der Waals surface area contributed by atoms with Gasteiger partial charge in [-0.2, -0.15) is 0 Å². The van der Waals surface area contributed by atoms with Crippen LogP contribution in [0, 0.1) is 5.92 Å². The van der Waals surface area contributed by atoms with E-state index in [9.17, 15) is 4.79 Å². The topological polar surface area (TPSA) is 61.0 Å². The zero-order chi connectivity index (χ0) is 17.9. The average Bonchev–Trinajstić information content (AvgIpc) is 3.20. The predicted molar refractivity (Wildman–Crippen MR) is 103 cm³/mol. The summed E-state index contributed by atoms with van der Waals surface area (Å²) in [7, 11) is 0. The van der Waals surface area contributed by atoms with Gasteiger partial charge in [-0.1, -0.05) is 37.3 Å². The first-order chi connectivity index (χ1) is 12.7. The van der Waals surface area contributed by atoms with Gasteiger partial charge in [0, 0.05) is 43.5 Å². The molecular weight excluding hydrogens is 324 g/mol. The minimum atomic E-state index is 0.0770. The van der Waals surface area contributed by atoms with Gasteiger partial charge in [-0.15, -0.1) is 0 Å². The quantitative estimate of drug-likeness (QED) is 0.745. The number of rotatable bonds is 5. The Labute approximate surface area is 153 Å². The van der Waals surface area contributed by atoms with Crippen molar-refractivity contribution in [3.05, 3.63) is 66.0 Å². The highest BCUT2D eigenvalue weighted by Gasteiger charge is 2.30. The lowest BCUT2D eigenvalue weighted by Gasteiger charge is -2.17. The van der Waals surface area contributed by atoms with Crippen LogP contribution < -0.4 is 5.32 Å². The molecule has 134 valence electrons. The second-order valence-corrected chi connectivity index (χ2v) is 7.22. The number of hydrogen-bond acceptors (Lipinski definition) is 3. The Morgan fingerprint density at radius 1 is 1.23 bits per heavy atom. The maximum Gasteiger partial charge on any atom is 0.224 e. The molecular formula is C21H24N4O. The molecule has 0 radical (unpaired) electrons. The van der Waals surface area contributed by atoms with Crippen molar-refractivity contribution < 1.29 is 4.79 Å². The van der Waals surface area contributed by atoms with Crippen molar-refractivity contribution in [1.82, 2.24) is 20.2 Å². The van der Waals surface area contributed by atoms with Gasteiger partial charge in [-0.3, -0.25) is 9.69 Å². The number of pyridine rings is 1. The normalized spacial score (nSPS) is 20.5. The summed E-state index contributed by atoms with van der Waals surface area (Å²) in [5.41, 5.74) is 3.15. The maximum atomic E-state index is 12.6. The lowest BCUT2D eigenvalue weighted by molar-refractivity contribution is -0.121. The highest BCUT2D eigenvalue weighted by molar-refractivity contribution is 5.87. The molecule has 0 aliphatic carbocycles. The van der Waals surface area contributed by atoms with E-state index in [4.69, 9.17) is 0 Å². The van der Waals surface area contributed by atoms with E-state index in [1.807, 2.05) is 24.4 Å². The summed E-state index contributed by atoms with van der Waals surface area (Å²) >= 11 is 0. The van der Waals surface area contributed by atoms with Crippen LogP contribution in [-0.4, -0.2) is 39.9 Å². The molecule has 26 heavy (non-hydrogen) atoms. The number of aromatic nitrogens is 2. The summed E-state index contributed by atoms with van der Waals surface area (Å²) in [4.78, 5) is 22.4. The third-order valence-corrected chi connectivity index (χ3v) is 5.17. The zero-order valence-electron chi connectivity index (χ0n) is 15.0. The summed E-state index contributed by atoms with van der Waals surface area (Å²) in [5, 5.41) is 4.25. The number of hydrogen-bond donors (Lipinski definition) is 2. The van der Waals surface area contributed by atoms with Gasteiger partial charge in [0.15, 0.2) is 0 Å². The molecule has 3 aromatic rings. The van der Waals surface area contributed by atoms with E-state index >= 15 is 0 Å². The molecule has 1 aliphatic heterocycles. The molecule has 2 N–H and O–H groups in total. The van der Waals surface area contributed by atoms with Gasteiger partial charge in [0.2, 0.25) is 5.91 Å². The molecule has 0 saturated carbocycles. The van der Waals surface area contributed by atoms with Crippen LogP contribution in [0.15, 0.2) is 54.9 Å². The van der Waals surface area contributed by atoms with E-state index < -0.39 is 0 Å². The molecule has 5 heteroatoms. The van der Waals surface area contributed by atoms with Gasteiger partial charge in [0.05, 0.1) is 6.42 Å². The summed E-state index contributed by atoms with van der Waals surface area (Å²) in [5.74, 6) is 0.528. The second-order valence-electron chi connectivity index (χ2n) is 7.22. The Balaban J connectivity index is 1.35. The first kappa shape index (κ1) is 16.8. The summed E-state index contributed by atoms with van der Waals surface area (Å²) in [6, 6.07) is 14.6. The Morgan fingerprint density at radius 2 is 2.08 bits per heavy atom. The van der Waals surface area contributed by atoms with Crippen LogP contribution in [0.1, 0.15) is 18.1 Å². The number of nitrogens with one attached hydrogen (secondary N) is 2. The van der Waals surface area contributed by atoms with Crippen molar-refractivity contribution in [3.8, 4) is 0 Å². The fourth-order valence-electron chi connectivity index (χ4n) is 3.82. The van der Waals surface area contributed by atoms with Crippen LogP contribution in [0.3, 0.4) is 0 Å². The van der Waals surface area contributed by atoms with E-state index in [0.29, 0.717) is 12.3 Å². The van der Waals surface area contributed by atoms with Crippen LogP contribution in [-0.2, 0) is 17.8 Å². The van der Waals surface area contributed by atoms with E-state index in [1.54, 1.807) is 6.20 Å². The van der Waals surface area contributed by atoms with Crippen molar-refractivity contribution in [2.24, 2.45) is 5.92 Å². The molecule has 0 spiro atoms. The smallest absolute Gasteiger partial charge is 0.224 e. The number of carbonyl (C=O) groups is 1. The first-order valence-electron chi connectivity index (χ1n) is 9.15. The molecule has 2 aromatic heterocycles. The second kappa shape index (κ2) is 7.30. The number of benzene rings is 1. The lowest BCUT2D eigenvalue weighted by Crippen LogP contribution is -2.40. The number of aromatic amines is 1. The highest BCUT2D eigenvalue weighted by Crippen LogP contribution is 2.20. The van der Waals surface area contributed by atoms with Crippen molar-refractivity contribution >= 4 is 16.9 Å². The third kappa shape index (κ3) is 3.63. The molecule has 0 bridgehead atoms. The maximum absolute atomic E-state index is 12.6. The van der Waals surface area contributed by atoms with E-state index in [-0.39, 0.29) is 11.9 Å². The summed E-state index contributed by atoms with van der Waals surface area (Å²) < 4.78 is 0. The van der Waals surface area contributed by atoms with E-state index in [2.05, 4.69) is 51.4 Å². The zero-order valence-corrected chi connectivity index (χ0v) is 15.0. The minimum Gasteiger partial charge on any atom is -0.351 e. The molecule has 1 saturated heterocycles. The van der Waals surface area contributed by atoms with E-state index in [1.165, 1.54) is 5.56 Å². The third-order valence-electron chi connectivity index (χ3n) is 5.17. The van der Waals surface area contributed by atoms with Gasteiger partial charge in [0.1, 0.15) is 5.65 Å². The number of H-pyrrole nitrogens is 1. The highest BCUT2D eigenvalue weighted by atomic mass is 16.1. The molecule has 0 unspecified atom stereocenters. The van der Waals surface area contributed by atoms with Crippen LogP contribution in [0.5, 0.6) is 0 Å². The summed E-state index contributed by atoms with van der Waals surface area (Å²) in [6.45, 7) is 5.06. The minimum absolute atomic E-state index is 0.0770. The first-order valence-corrected chi connectivity index (χ1v) is 9.15. The fourth-order valence-corrected chi connectivity index (χ4v) is 3.82. The van der Waals surface area contributed by atoms with Crippen molar-refractivity contribution in [1.29, 1.82) is 0 Å². The van der Waals surface area contributed by atoms with Crippen LogP contribution in [0.2, 0.25) is 0 Å². The van der Waals surface area contributed by atoms with Gasteiger partial charge < -0.3 is 10.3 Å². The Kier molecular flexibility index (Phi) is 4.71. The average molecular weight is 348 g/mol. The molecule has 1 fully saturated rings. The van der Waals surface area contributed by atoms with Crippen molar-refractivity contribution in [2.45, 2.75) is 25.9 Å². The standard InChI is InChI=1S/C21H24N4O/c1-15-12-25(13-16-6-3-2-4-7-16)14-19(15)24-20(26)10-17-11-23-21-18(17)8-5-9-22-21/h2-9,11,15,19H,10,12-14H2,1H3,(H,22,23)(H,24,26)/t15-,19-/m0/s1. The molecule has 5 nitrogen and oxygen atoms in total. The lowest BCUT2D eigenvalue weighted by atomic mass is 10.1. The molecule has 3 heterocycles. The number of likely N-dealkylation sites (tertiary alicyclic amines) is 1. The molecule has 1 aliphatic rings. The number of fused-ring (bicyclic) bond motifs is 1. The Bertz CT molecular complexity index is 889. The molecule has 1 amide bonds. The predicted octanol–water partition coefficient (Wildman–Crippen LogP) is 2.74. The van der Waals surface area contributed by atoms with Gasteiger partial charge in [0.25, 0.3) is 0 Å². The van der Waals surface area contributed by atoms with Gasteiger partial charge in [-0.05, 0) is 29.2 Å². The van der Waals surface area contributed by atoms with Crippen LogP contribution in [0.25, 0.3) is 11.0 Å². The van der Waals surface area contributed by atoms with E-state index in [0.717, 1.165) is 36.2 Å². The largest absolute Gasteiger partial charge is 0.351 e. The number of nitrogens with zero attached hydrogens (tertiary/aromatic N) is 2. The molecule has 1 aromatic carbocycles. The van der Waals surface area contributed by atoms with Crippen molar-refractivity contribution in [3.63, 3.8) is 0 Å². The van der Waals surface area contributed by atoms with Gasteiger partial charge >= 0.3 is 0 Å².